The van der Waals surface area contributed by atoms with E-state index in [1.54, 1.807) is 17.4 Å². The smallest absolute Gasteiger partial charge is 0.263 e. The quantitative estimate of drug-likeness (QED) is 0.367. The van der Waals surface area contributed by atoms with E-state index in [2.05, 4.69) is 57.3 Å². The minimum absolute atomic E-state index is 0.0362. The van der Waals surface area contributed by atoms with Crippen molar-refractivity contribution in [2.75, 3.05) is 0 Å². The minimum atomic E-state index is -0.0362. The summed E-state index contributed by atoms with van der Waals surface area (Å²) in [6, 6.07) is 20.5. The van der Waals surface area contributed by atoms with Crippen molar-refractivity contribution in [2.24, 2.45) is 0 Å². The lowest BCUT2D eigenvalue weighted by molar-refractivity contribution is 1.09. The monoisotopic (exact) mass is 407 g/mol. The van der Waals surface area contributed by atoms with Crippen LogP contribution in [0.4, 0.5) is 0 Å². The van der Waals surface area contributed by atoms with Gasteiger partial charge in [-0.15, -0.1) is 11.3 Å². The van der Waals surface area contributed by atoms with Crippen LogP contribution in [0.25, 0.3) is 44.0 Å². The topological polar surface area (TPSA) is 22.0 Å². The maximum atomic E-state index is 13.8. The minimum Gasteiger partial charge on any atom is -0.276 e. The lowest BCUT2D eigenvalue weighted by Crippen LogP contribution is -2.29. The average molecular weight is 408 g/mol. The third-order valence-corrected chi connectivity index (χ3v) is 6.68. The largest absolute Gasteiger partial charge is 0.276 e. The number of hydrogen-bond acceptors (Lipinski definition) is 2. The van der Waals surface area contributed by atoms with E-state index in [9.17, 15) is 4.79 Å². The SMILES string of the molecule is C=C/C(=c1\c(=C)sc2ccccc12)n1c(=O)c2ccc(C)cc2c2cc(C)ccc21. The van der Waals surface area contributed by atoms with Crippen LogP contribution in [0.2, 0.25) is 0 Å². The highest BCUT2D eigenvalue weighted by Gasteiger charge is 2.15. The van der Waals surface area contributed by atoms with Gasteiger partial charge in [-0.3, -0.25) is 9.36 Å². The Morgan fingerprint density at radius 1 is 0.900 bits per heavy atom. The van der Waals surface area contributed by atoms with Crippen molar-refractivity contribution in [3.8, 4) is 0 Å². The van der Waals surface area contributed by atoms with Crippen molar-refractivity contribution in [1.82, 2.24) is 4.57 Å². The lowest BCUT2D eigenvalue weighted by Gasteiger charge is -2.15. The van der Waals surface area contributed by atoms with Crippen molar-refractivity contribution < 1.29 is 0 Å². The van der Waals surface area contributed by atoms with Gasteiger partial charge in [0.1, 0.15) is 0 Å². The molecule has 2 heterocycles. The Labute approximate surface area is 178 Å². The highest BCUT2D eigenvalue weighted by Crippen LogP contribution is 2.26. The molecule has 3 aromatic carbocycles. The Bertz CT molecular complexity index is 1670. The molecule has 0 saturated carbocycles. The zero-order valence-corrected chi connectivity index (χ0v) is 17.8. The molecule has 0 atom stereocenters. The molecule has 0 aliphatic carbocycles. The second-order valence-electron chi connectivity index (χ2n) is 7.70. The molecule has 0 bridgehead atoms. The lowest BCUT2D eigenvalue weighted by atomic mass is 10.0. The first kappa shape index (κ1) is 18.6. The molecule has 30 heavy (non-hydrogen) atoms. The summed E-state index contributed by atoms with van der Waals surface area (Å²) in [6.45, 7) is 12.5. The van der Waals surface area contributed by atoms with E-state index in [-0.39, 0.29) is 5.56 Å². The fourth-order valence-electron chi connectivity index (χ4n) is 4.28. The first-order valence-electron chi connectivity index (χ1n) is 9.89. The summed E-state index contributed by atoms with van der Waals surface area (Å²) >= 11 is 1.64. The average Bonchev–Trinajstić information content (AvgIpc) is 3.07. The number of aryl methyl sites for hydroxylation is 2. The first-order valence-corrected chi connectivity index (χ1v) is 10.7. The van der Waals surface area contributed by atoms with Crippen LogP contribution in [0.1, 0.15) is 11.1 Å². The number of allylic oxidation sites excluding steroid dienone is 1. The van der Waals surface area contributed by atoms with Gasteiger partial charge in [0.2, 0.25) is 0 Å². The van der Waals surface area contributed by atoms with Gasteiger partial charge in [0.25, 0.3) is 5.56 Å². The van der Waals surface area contributed by atoms with Crippen LogP contribution in [0.15, 0.2) is 78.1 Å². The van der Waals surface area contributed by atoms with Gasteiger partial charge in [-0.25, -0.2) is 0 Å². The van der Waals surface area contributed by atoms with E-state index in [1.165, 1.54) is 0 Å². The molecule has 3 heteroatoms. The van der Waals surface area contributed by atoms with Gasteiger partial charge in [0.05, 0.1) is 11.2 Å². The van der Waals surface area contributed by atoms with Crippen LogP contribution in [0, 0.1) is 13.8 Å². The van der Waals surface area contributed by atoms with E-state index < -0.39 is 0 Å². The molecule has 0 radical (unpaired) electrons. The van der Waals surface area contributed by atoms with Crippen LogP contribution < -0.4 is 15.3 Å². The van der Waals surface area contributed by atoms with Gasteiger partial charge in [0.15, 0.2) is 0 Å². The predicted molar refractivity (Wildman–Crippen MR) is 131 cm³/mol. The second-order valence-corrected chi connectivity index (χ2v) is 8.83. The Balaban J connectivity index is 2.10. The van der Waals surface area contributed by atoms with Gasteiger partial charge in [-0.1, -0.05) is 60.7 Å². The number of pyridine rings is 1. The van der Waals surface area contributed by atoms with Crippen LogP contribution >= 0.6 is 11.3 Å². The fourth-order valence-corrected chi connectivity index (χ4v) is 5.29. The number of benzene rings is 3. The number of nitrogens with zero attached hydrogens (tertiary/aromatic N) is 1. The van der Waals surface area contributed by atoms with E-state index in [0.717, 1.165) is 53.0 Å². The zero-order chi connectivity index (χ0) is 21.0. The van der Waals surface area contributed by atoms with Gasteiger partial charge in [-0.05, 0) is 49.6 Å². The zero-order valence-electron chi connectivity index (χ0n) is 17.0. The molecule has 0 amide bonds. The van der Waals surface area contributed by atoms with Gasteiger partial charge >= 0.3 is 0 Å². The molecular formula is C27H21NOS. The molecular weight excluding hydrogens is 386 g/mol. The van der Waals surface area contributed by atoms with E-state index >= 15 is 0 Å². The molecule has 0 fully saturated rings. The molecule has 2 nitrogen and oxygen atoms in total. The molecule has 0 unspecified atom stereocenters. The van der Waals surface area contributed by atoms with Crippen LogP contribution in [0.3, 0.4) is 0 Å². The molecule has 0 N–H and O–H groups in total. The van der Waals surface area contributed by atoms with Crippen LogP contribution in [0.5, 0.6) is 0 Å². The van der Waals surface area contributed by atoms with Crippen molar-refractivity contribution in [3.63, 3.8) is 0 Å². The van der Waals surface area contributed by atoms with E-state index in [4.69, 9.17) is 0 Å². The number of aromatic nitrogens is 1. The van der Waals surface area contributed by atoms with Gasteiger partial charge in [0, 0.05) is 30.6 Å². The van der Waals surface area contributed by atoms with E-state index in [1.807, 2.05) is 34.9 Å². The predicted octanol–water partition coefficient (Wildman–Crippen LogP) is 5.24. The standard InChI is InChI=1S/C27H21NOS/c1-5-23(26-18(4)30-25-9-7-6-8-20(25)26)28-24-13-11-17(3)15-22(24)21-14-16(2)10-12-19(21)27(28)29/h5-15H,1,4H2,2-3H3/b26-23-. The molecule has 0 spiro atoms. The second kappa shape index (κ2) is 6.82. The Kier molecular flexibility index (Phi) is 4.23. The first-order chi connectivity index (χ1) is 14.5. The Morgan fingerprint density at radius 3 is 2.37 bits per heavy atom. The Morgan fingerprint density at radius 2 is 1.60 bits per heavy atom. The summed E-state index contributed by atoms with van der Waals surface area (Å²) in [7, 11) is 0. The number of fused-ring (bicyclic) bond motifs is 4. The van der Waals surface area contributed by atoms with Gasteiger partial charge in [-0.2, -0.15) is 0 Å². The maximum Gasteiger partial charge on any atom is 0.263 e. The van der Waals surface area contributed by atoms with Crippen LogP contribution in [-0.2, 0) is 0 Å². The molecule has 5 aromatic rings. The third-order valence-electron chi connectivity index (χ3n) is 5.65. The summed E-state index contributed by atoms with van der Waals surface area (Å²) in [5.74, 6) is 0. The number of rotatable bonds is 2. The molecule has 0 aliphatic heterocycles. The summed E-state index contributed by atoms with van der Waals surface area (Å²) in [6.07, 6.45) is 1.78. The molecule has 0 aliphatic rings. The Hall–Kier alpha value is -3.43. The van der Waals surface area contributed by atoms with Crippen molar-refractivity contribution in [1.29, 1.82) is 0 Å². The summed E-state index contributed by atoms with van der Waals surface area (Å²) in [5.41, 5.74) is 3.92. The third kappa shape index (κ3) is 2.66. The maximum absolute atomic E-state index is 13.8. The normalized spacial score (nSPS) is 12.6. The number of hydrogen-bond donors (Lipinski definition) is 0. The molecule has 146 valence electrons. The highest BCUT2D eigenvalue weighted by atomic mass is 32.1. The van der Waals surface area contributed by atoms with Crippen molar-refractivity contribution in [2.45, 2.75) is 13.8 Å². The van der Waals surface area contributed by atoms with Gasteiger partial charge < -0.3 is 0 Å². The molecule has 5 rings (SSSR count). The number of thiophene rings is 1. The highest BCUT2D eigenvalue weighted by molar-refractivity contribution is 7.17. The summed E-state index contributed by atoms with van der Waals surface area (Å²) in [4.78, 5) is 13.8. The molecule has 2 aromatic heterocycles. The summed E-state index contributed by atoms with van der Waals surface area (Å²) < 4.78 is 3.89. The van der Waals surface area contributed by atoms with Crippen LogP contribution in [-0.4, -0.2) is 4.57 Å². The van der Waals surface area contributed by atoms with Crippen molar-refractivity contribution in [3.05, 3.63) is 105 Å². The molecule has 0 saturated heterocycles. The fraction of sp³-hybridized carbons (Fsp3) is 0.0741. The van der Waals surface area contributed by atoms with Crippen molar-refractivity contribution >= 4 is 55.4 Å². The summed E-state index contributed by atoms with van der Waals surface area (Å²) in [5, 5.41) is 4.84. The van der Waals surface area contributed by atoms with E-state index in [0.29, 0.717) is 5.39 Å².